The van der Waals surface area contributed by atoms with E-state index in [0.717, 1.165) is 0 Å². The largest absolute Gasteiger partial charge is 0.291 e. The predicted molar refractivity (Wildman–Crippen MR) is 49.5 cm³/mol. The molecule has 1 aromatic heterocycles. The molecule has 0 N–H and O–H groups in total. The highest BCUT2D eigenvalue weighted by molar-refractivity contribution is 5.92. The van der Waals surface area contributed by atoms with Gasteiger partial charge in [0.15, 0.2) is 11.6 Å². The van der Waals surface area contributed by atoms with E-state index >= 15 is 0 Å². The van der Waals surface area contributed by atoms with E-state index < -0.39 is 5.82 Å². The van der Waals surface area contributed by atoms with Crippen molar-refractivity contribution in [1.29, 1.82) is 0 Å². The summed E-state index contributed by atoms with van der Waals surface area (Å²) in [7, 11) is 0. The number of hydrogen-bond acceptors (Lipinski definition) is 3. The fraction of sp³-hybridized carbons (Fsp3) is 0.100. The average molecular weight is 190 g/mol. The van der Waals surface area contributed by atoms with E-state index in [1.165, 1.54) is 19.2 Å². The normalized spacial score (nSPS) is 10.4. The summed E-state index contributed by atoms with van der Waals surface area (Å²) in [6.45, 7) is 1.35. The van der Waals surface area contributed by atoms with Gasteiger partial charge in [0.25, 0.3) is 0 Å². The first kappa shape index (κ1) is 8.74. The molecule has 0 aliphatic heterocycles. The van der Waals surface area contributed by atoms with Crippen LogP contribution >= 0.6 is 0 Å². The molecule has 1 heterocycles. The number of aromatic nitrogens is 2. The van der Waals surface area contributed by atoms with Gasteiger partial charge in [-0.15, -0.1) is 0 Å². The second-order valence-electron chi connectivity index (χ2n) is 2.93. The van der Waals surface area contributed by atoms with Crippen molar-refractivity contribution in [1.82, 2.24) is 9.97 Å². The van der Waals surface area contributed by atoms with Gasteiger partial charge in [0.1, 0.15) is 11.3 Å². The van der Waals surface area contributed by atoms with Crippen molar-refractivity contribution in [2.24, 2.45) is 0 Å². The minimum Gasteiger partial charge on any atom is -0.291 e. The van der Waals surface area contributed by atoms with Crippen LogP contribution < -0.4 is 0 Å². The maximum atomic E-state index is 13.2. The van der Waals surface area contributed by atoms with Gasteiger partial charge in [0.05, 0.1) is 0 Å². The molecule has 4 heteroatoms. The van der Waals surface area contributed by atoms with Gasteiger partial charge in [-0.05, 0) is 6.07 Å². The SMILES string of the molecule is CC(=O)c1ncc2cccc(F)c2n1. The molecule has 14 heavy (non-hydrogen) atoms. The zero-order chi connectivity index (χ0) is 10.1. The van der Waals surface area contributed by atoms with Gasteiger partial charge in [-0.25, -0.2) is 14.4 Å². The van der Waals surface area contributed by atoms with Gasteiger partial charge in [0.2, 0.25) is 0 Å². The second kappa shape index (κ2) is 3.14. The summed E-state index contributed by atoms with van der Waals surface area (Å²) >= 11 is 0. The van der Waals surface area contributed by atoms with E-state index in [2.05, 4.69) is 9.97 Å². The molecule has 2 rings (SSSR count). The minimum atomic E-state index is -0.438. The second-order valence-corrected chi connectivity index (χ2v) is 2.93. The van der Waals surface area contributed by atoms with Crippen molar-refractivity contribution < 1.29 is 9.18 Å². The van der Waals surface area contributed by atoms with E-state index in [0.29, 0.717) is 5.39 Å². The summed E-state index contributed by atoms with van der Waals surface area (Å²) in [5.41, 5.74) is 0.188. The molecule has 2 aromatic rings. The van der Waals surface area contributed by atoms with Gasteiger partial charge >= 0.3 is 0 Å². The van der Waals surface area contributed by atoms with Gasteiger partial charge in [-0.3, -0.25) is 4.79 Å². The fourth-order valence-corrected chi connectivity index (χ4v) is 1.19. The fourth-order valence-electron chi connectivity index (χ4n) is 1.19. The lowest BCUT2D eigenvalue weighted by Crippen LogP contribution is -2.01. The first-order valence-electron chi connectivity index (χ1n) is 4.10. The number of carbonyl (C=O) groups excluding carboxylic acids is 1. The first-order valence-corrected chi connectivity index (χ1v) is 4.10. The van der Waals surface area contributed by atoms with E-state index in [-0.39, 0.29) is 17.1 Å². The van der Waals surface area contributed by atoms with E-state index in [1.54, 1.807) is 12.1 Å². The van der Waals surface area contributed by atoms with Crippen LogP contribution in [-0.4, -0.2) is 15.8 Å². The number of rotatable bonds is 1. The number of halogens is 1. The van der Waals surface area contributed by atoms with Gasteiger partial charge in [-0.1, -0.05) is 12.1 Å². The van der Waals surface area contributed by atoms with Gasteiger partial charge in [-0.2, -0.15) is 0 Å². The lowest BCUT2D eigenvalue weighted by Gasteiger charge is -1.99. The van der Waals surface area contributed by atoms with Crippen LogP contribution in [0.4, 0.5) is 4.39 Å². The Balaban J connectivity index is 2.76. The first-order chi connectivity index (χ1) is 6.68. The average Bonchev–Trinajstić information content (AvgIpc) is 2.18. The summed E-state index contributed by atoms with van der Waals surface area (Å²) in [6, 6.07) is 4.58. The van der Waals surface area contributed by atoms with Gasteiger partial charge < -0.3 is 0 Å². The molecule has 70 valence electrons. The summed E-state index contributed by atoms with van der Waals surface area (Å²) in [5.74, 6) is -0.662. The molecule has 1 aromatic carbocycles. The standard InChI is InChI=1S/C10H7FN2O/c1-6(14)10-12-5-7-3-2-4-8(11)9(7)13-10/h2-5H,1H3. The molecule has 0 saturated heterocycles. The molecule has 0 bridgehead atoms. The monoisotopic (exact) mass is 190 g/mol. The number of ketones is 1. The molecule has 0 radical (unpaired) electrons. The zero-order valence-corrected chi connectivity index (χ0v) is 7.49. The number of hydrogen-bond donors (Lipinski definition) is 0. The Labute approximate surface area is 79.6 Å². The molecule has 0 fully saturated rings. The highest BCUT2D eigenvalue weighted by atomic mass is 19.1. The third kappa shape index (κ3) is 1.35. The zero-order valence-electron chi connectivity index (χ0n) is 7.49. The number of fused-ring (bicyclic) bond motifs is 1. The van der Waals surface area contributed by atoms with Crippen LogP contribution in [-0.2, 0) is 0 Å². The van der Waals surface area contributed by atoms with E-state index in [9.17, 15) is 9.18 Å². The molecular formula is C10H7FN2O. The van der Waals surface area contributed by atoms with Crippen molar-refractivity contribution in [2.45, 2.75) is 6.92 Å². The van der Waals surface area contributed by atoms with E-state index in [4.69, 9.17) is 0 Å². The molecular weight excluding hydrogens is 183 g/mol. The predicted octanol–water partition coefficient (Wildman–Crippen LogP) is 1.97. The quantitative estimate of drug-likeness (QED) is 0.645. The van der Waals surface area contributed by atoms with E-state index in [1.807, 2.05) is 0 Å². The summed E-state index contributed by atoms with van der Waals surface area (Å²) in [5, 5.41) is 0.593. The number of para-hydroxylation sites is 1. The molecule has 0 spiro atoms. The molecule has 0 atom stereocenters. The number of nitrogens with zero attached hydrogens (tertiary/aromatic N) is 2. The maximum Gasteiger partial charge on any atom is 0.196 e. The van der Waals surface area contributed by atoms with Crippen molar-refractivity contribution in [3.8, 4) is 0 Å². The van der Waals surface area contributed by atoms with Crippen molar-refractivity contribution >= 4 is 16.7 Å². The van der Waals surface area contributed by atoms with Crippen LogP contribution in [0.1, 0.15) is 17.5 Å². The van der Waals surface area contributed by atoms with Crippen LogP contribution in [0.3, 0.4) is 0 Å². The van der Waals surface area contributed by atoms with Crippen molar-refractivity contribution in [3.63, 3.8) is 0 Å². The summed E-state index contributed by atoms with van der Waals surface area (Å²) in [4.78, 5) is 18.6. The maximum absolute atomic E-state index is 13.2. The molecule has 3 nitrogen and oxygen atoms in total. The molecule has 0 unspecified atom stereocenters. The Kier molecular flexibility index (Phi) is 1.96. The Morgan fingerprint density at radius 1 is 1.43 bits per heavy atom. The Morgan fingerprint density at radius 3 is 2.93 bits per heavy atom. The third-order valence-electron chi connectivity index (χ3n) is 1.88. The lowest BCUT2D eigenvalue weighted by molar-refractivity contribution is 0.100. The highest BCUT2D eigenvalue weighted by Crippen LogP contribution is 2.14. The Morgan fingerprint density at radius 2 is 2.21 bits per heavy atom. The summed E-state index contributed by atoms with van der Waals surface area (Å²) in [6.07, 6.45) is 1.45. The Bertz CT molecular complexity index is 510. The minimum absolute atomic E-state index is 0.0441. The topological polar surface area (TPSA) is 42.9 Å². The Hall–Kier alpha value is -1.84. The van der Waals surface area contributed by atoms with Crippen molar-refractivity contribution in [2.75, 3.05) is 0 Å². The molecule has 0 saturated carbocycles. The third-order valence-corrected chi connectivity index (χ3v) is 1.88. The van der Waals surface area contributed by atoms with Crippen LogP contribution in [0.5, 0.6) is 0 Å². The van der Waals surface area contributed by atoms with Crippen LogP contribution in [0.15, 0.2) is 24.4 Å². The van der Waals surface area contributed by atoms with Crippen molar-refractivity contribution in [3.05, 3.63) is 36.0 Å². The van der Waals surface area contributed by atoms with Crippen LogP contribution in [0, 0.1) is 5.82 Å². The smallest absolute Gasteiger partial charge is 0.196 e. The number of carbonyl (C=O) groups is 1. The van der Waals surface area contributed by atoms with Crippen LogP contribution in [0.2, 0.25) is 0 Å². The number of Topliss-reactive ketones (excluding diaryl/α,β-unsaturated/α-hetero) is 1. The lowest BCUT2D eigenvalue weighted by atomic mass is 10.2. The van der Waals surface area contributed by atoms with Crippen LogP contribution in [0.25, 0.3) is 10.9 Å². The summed E-state index contributed by atoms with van der Waals surface area (Å²) < 4.78 is 13.2. The molecule has 0 aliphatic carbocycles. The molecule has 0 aliphatic rings. The number of benzene rings is 1. The highest BCUT2D eigenvalue weighted by Gasteiger charge is 2.06. The van der Waals surface area contributed by atoms with Gasteiger partial charge in [0, 0.05) is 18.5 Å². The molecule has 0 amide bonds.